The van der Waals surface area contributed by atoms with E-state index in [9.17, 15) is 0 Å². The maximum atomic E-state index is 2.55. The van der Waals surface area contributed by atoms with Crippen molar-refractivity contribution < 1.29 is 0 Å². The average molecular weight is 416 g/mol. The number of unbranched alkanes of at least 4 members (excludes halogenated alkanes) is 15. The molecular formula is C29H53N. The maximum absolute atomic E-state index is 2.55. The van der Waals surface area contributed by atoms with Gasteiger partial charge >= 0.3 is 0 Å². The van der Waals surface area contributed by atoms with E-state index >= 15 is 0 Å². The van der Waals surface area contributed by atoms with E-state index in [1.165, 1.54) is 134 Å². The first-order valence-electron chi connectivity index (χ1n) is 13.5. The highest BCUT2D eigenvalue weighted by Crippen LogP contribution is 2.15. The summed E-state index contributed by atoms with van der Waals surface area (Å²) < 4.78 is 0. The Bertz CT molecular complexity index is 477. The summed E-state index contributed by atoms with van der Waals surface area (Å²) in [7, 11) is 0. The third kappa shape index (κ3) is 15.1. The second kappa shape index (κ2) is 20.1. The van der Waals surface area contributed by atoms with Crippen LogP contribution in [0.5, 0.6) is 0 Å². The zero-order valence-corrected chi connectivity index (χ0v) is 20.9. The Kier molecular flexibility index (Phi) is 18.2. The normalized spacial score (nSPS) is 11.5. The van der Waals surface area contributed by atoms with Gasteiger partial charge in [0.2, 0.25) is 0 Å². The minimum Gasteiger partial charge on any atom is -0.304 e. The molecule has 0 spiro atoms. The zero-order chi connectivity index (χ0) is 21.7. The lowest BCUT2D eigenvalue weighted by Gasteiger charge is -2.17. The molecule has 0 saturated carbocycles. The zero-order valence-electron chi connectivity index (χ0n) is 20.9. The first kappa shape index (κ1) is 27.2. The van der Waals surface area contributed by atoms with Gasteiger partial charge in [-0.1, -0.05) is 128 Å². The number of rotatable bonds is 21. The second-order valence-corrected chi connectivity index (χ2v) is 9.36. The molecule has 0 fully saturated rings. The minimum atomic E-state index is 1.21. The van der Waals surface area contributed by atoms with E-state index in [-0.39, 0.29) is 0 Å². The lowest BCUT2D eigenvalue weighted by molar-refractivity contribution is 0.295. The molecule has 1 aromatic rings. The fourth-order valence-electron chi connectivity index (χ4n) is 4.56. The summed E-state index contributed by atoms with van der Waals surface area (Å²) in [5.74, 6) is 0. The number of aryl methyl sites for hydroxylation is 2. The van der Waals surface area contributed by atoms with Gasteiger partial charge in [0, 0.05) is 0 Å². The molecule has 30 heavy (non-hydrogen) atoms. The molecule has 0 aliphatic carbocycles. The summed E-state index contributed by atoms with van der Waals surface area (Å²) in [5.41, 5.74) is 3.01. The van der Waals surface area contributed by atoms with E-state index in [0.717, 1.165) is 0 Å². The average Bonchev–Trinajstić information content (AvgIpc) is 2.76. The largest absolute Gasteiger partial charge is 0.304 e. The molecule has 0 amide bonds. The fourth-order valence-corrected chi connectivity index (χ4v) is 4.56. The molecule has 1 nitrogen and oxygen atoms in total. The Hall–Kier alpha value is -0.820. The van der Waals surface area contributed by atoms with Crippen LogP contribution in [0.1, 0.15) is 128 Å². The molecule has 0 N–H and O–H groups in total. The molecule has 0 heterocycles. The van der Waals surface area contributed by atoms with Gasteiger partial charge in [0.05, 0.1) is 0 Å². The van der Waals surface area contributed by atoms with E-state index in [2.05, 4.69) is 49.9 Å². The van der Waals surface area contributed by atoms with Crippen molar-refractivity contribution in [2.75, 3.05) is 19.6 Å². The van der Waals surface area contributed by atoms with Crippen molar-refractivity contribution in [2.24, 2.45) is 0 Å². The molecule has 0 bridgehead atoms. The van der Waals surface area contributed by atoms with Crippen molar-refractivity contribution in [2.45, 2.75) is 130 Å². The minimum absolute atomic E-state index is 1.21. The number of hydrogen-bond donors (Lipinski definition) is 0. The van der Waals surface area contributed by atoms with Crippen LogP contribution in [0, 0.1) is 6.92 Å². The molecule has 0 aliphatic heterocycles. The highest BCUT2D eigenvalue weighted by atomic mass is 15.1. The molecule has 0 unspecified atom stereocenters. The van der Waals surface area contributed by atoms with Gasteiger partial charge in [0.1, 0.15) is 0 Å². The molecule has 1 aromatic carbocycles. The van der Waals surface area contributed by atoms with Crippen LogP contribution in [0.3, 0.4) is 0 Å². The van der Waals surface area contributed by atoms with E-state index in [0.29, 0.717) is 0 Å². The summed E-state index contributed by atoms with van der Waals surface area (Å²) in [6.07, 6.45) is 24.4. The molecule has 1 rings (SSSR count). The molecule has 0 radical (unpaired) electrons. The Morgan fingerprint density at radius 3 is 1.37 bits per heavy atom. The fraction of sp³-hybridized carbons (Fsp3) is 0.793. The summed E-state index contributed by atoms with van der Waals surface area (Å²) in [4.78, 5) is 2.55. The van der Waals surface area contributed by atoms with Crippen molar-refractivity contribution in [1.29, 1.82) is 0 Å². The Balaban J connectivity index is 1.73. The molecule has 174 valence electrons. The standard InChI is InChI=1S/C29H53N/c1-4-30(5-2)27-23-19-17-15-13-11-9-7-6-8-10-12-14-16-18-20-25-29-26-22-21-24-28(29)3/h21-22,24,26H,4-20,23,25,27H2,1-3H3. The Morgan fingerprint density at radius 2 is 0.933 bits per heavy atom. The molecule has 0 aromatic heterocycles. The van der Waals surface area contributed by atoms with Crippen LogP contribution in [0.15, 0.2) is 24.3 Å². The van der Waals surface area contributed by atoms with Gasteiger partial charge in [-0.05, 0) is 56.9 Å². The Morgan fingerprint density at radius 1 is 0.533 bits per heavy atom. The van der Waals surface area contributed by atoms with Crippen molar-refractivity contribution in [3.8, 4) is 0 Å². The topological polar surface area (TPSA) is 3.24 Å². The lowest BCUT2D eigenvalue weighted by Crippen LogP contribution is -2.23. The van der Waals surface area contributed by atoms with E-state index in [4.69, 9.17) is 0 Å². The van der Waals surface area contributed by atoms with Crippen LogP contribution in [0.2, 0.25) is 0 Å². The van der Waals surface area contributed by atoms with Crippen LogP contribution in [0.4, 0.5) is 0 Å². The van der Waals surface area contributed by atoms with Gasteiger partial charge in [-0.25, -0.2) is 0 Å². The third-order valence-corrected chi connectivity index (χ3v) is 6.83. The second-order valence-electron chi connectivity index (χ2n) is 9.36. The quantitative estimate of drug-likeness (QED) is 0.181. The molecule has 0 atom stereocenters. The summed E-state index contributed by atoms with van der Waals surface area (Å²) in [6.45, 7) is 10.5. The first-order chi connectivity index (χ1) is 14.8. The van der Waals surface area contributed by atoms with Gasteiger partial charge in [-0.3, -0.25) is 0 Å². The van der Waals surface area contributed by atoms with Gasteiger partial charge < -0.3 is 4.90 Å². The van der Waals surface area contributed by atoms with Crippen LogP contribution in [-0.4, -0.2) is 24.5 Å². The highest BCUT2D eigenvalue weighted by molar-refractivity contribution is 5.25. The number of hydrogen-bond acceptors (Lipinski definition) is 1. The maximum Gasteiger partial charge on any atom is -0.00190 e. The van der Waals surface area contributed by atoms with Crippen molar-refractivity contribution >= 4 is 0 Å². The van der Waals surface area contributed by atoms with E-state index in [1.54, 1.807) is 5.56 Å². The molecule has 1 heteroatoms. The summed E-state index contributed by atoms with van der Waals surface area (Å²) >= 11 is 0. The number of benzene rings is 1. The highest BCUT2D eigenvalue weighted by Gasteiger charge is 1.99. The van der Waals surface area contributed by atoms with Crippen molar-refractivity contribution in [1.82, 2.24) is 4.90 Å². The monoisotopic (exact) mass is 415 g/mol. The summed E-state index contributed by atoms with van der Waals surface area (Å²) in [6, 6.07) is 8.86. The smallest absolute Gasteiger partial charge is 0.00190 e. The van der Waals surface area contributed by atoms with Crippen LogP contribution >= 0.6 is 0 Å². The van der Waals surface area contributed by atoms with Crippen LogP contribution < -0.4 is 0 Å². The van der Waals surface area contributed by atoms with E-state index < -0.39 is 0 Å². The third-order valence-electron chi connectivity index (χ3n) is 6.83. The summed E-state index contributed by atoms with van der Waals surface area (Å²) in [5, 5.41) is 0. The predicted octanol–water partition coefficient (Wildman–Crippen LogP) is 9.12. The first-order valence-corrected chi connectivity index (χ1v) is 13.5. The number of nitrogens with zero attached hydrogens (tertiary/aromatic N) is 1. The lowest BCUT2D eigenvalue weighted by atomic mass is 10.0. The SMILES string of the molecule is CCN(CC)CCCCCCCCCCCCCCCCCCc1ccccc1C. The molecular weight excluding hydrogens is 362 g/mol. The van der Waals surface area contributed by atoms with Crippen molar-refractivity contribution in [3.63, 3.8) is 0 Å². The van der Waals surface area contributed by atoms with Gasteiger partial charge in [-0.2, -0.15) is 0 Å². The van der Waals surface area contributed by atoms with Gasteiger partial charge in [0.15, 0.2) is 0 Å². The van der Waals surface area contributed by atoms with Crippen LogP contribution in [0.25, 0.3) is 0 Å². The Labute approximate surface area is 190 Å². The predicted molar refractivity (Wildman–Crippen MR) is 137 cm³/mol. The van der Waals surface area contributed by atoms with Gasteiger partial charge in [-0.15, -0.1) is 0 Å². The molecule has 0 aliphatic rings. The van der Waals surface area contributed by atoms with Gasteiger partial charge in [0.25, 0.3) is 0 Å². The molecule has 0 saturated heterocycles. The van der Waals surface area contributed by atoms with Crippen molar-refractivity contribution in [3.05, 3.63) is 35.4 Å². The van der Waals surface area contributed by atoms with Crippen LogP contribution in [-0.2, 0) is 6.42 Å². The van der Waals surface area contributed by atoms with E-state index in [1.807, 2.05) is 0 Å².